The fourth-order valence-corrected chi connectivity index (χ4v) is 1.22. The molecule has 0 bridgehead atoms. The van der Waals surface area contributed by atoms with Gasteiger partial charge in [-0.25, -0.2) is 4.79 Å². The second-order valence-electron chi connectivity index (χ2n) is 3.39. The molecular weight excluding hydrogens is 196 g/mol. The molecule has 1 heterocycles. The highest BCUT2D eigenvalue weighted by atomic mass is 16.2. The maximum atomic E-state index is 11.3. The average Bonchev–Trinajstić information content (AvgIpc) is 2.13. The standard InChI is InChI=1S/C9H14N4O2/c1-6-5-13(4-2-3-7(10)11)9(15)12-8(6)14/h5H,2-4H2,1H3,(H3,10,11)(H,12,14,15). The Morgan fingerprint density at radius 3 is 2.87 bits per heavy atom. The Labute approximate surface area is 86.3 Å². The number of hydrogen-bond acceptors (Lipinski definition) is 3. The number of nitrogens with one attached hydrogen (secondary N) is 2. The van der Waals surface area contributed by atoms with Gasteiger partial charge in [-0.15, -0.1) is 0 Å². The molecule has 4 N–H and O–H groups in total. The molecule has 0 spiro atoms. The number of aryl methyl sites for hydroxylation is 2. The molecule has 0 fully saturated rings. The minimum Gasteiger partial charge on any atom is -0.388 e. The summed E-state index contributed by atoms with van der Waals surface area (Å²) in [5, 5.41) is 7.02. The van der Waals surface area contributed by atoms with Crippen LogP contribution in [0.3, 0.4) is 0 Å². The second kappa shape index (κ2) is 4.59. The fraction of sp³-hybridized carbons (Fsp3) is 0.444. The minimum absolute atomic E-state index is 0.101. The number of rotatable bonds is 4. The Bertz CT molecular complexity index is 472. The van der Waals surface area contributed by atoms with Gasteiger partial charge < -0.3 is 10.3 Å². The molecule has 0 aliphatic carbocycles. The van der Waals surface area contributed by atoms with Gasteiger partial charge in [-0.1, -0.05) is 0 Å². The quantitative estimate of drug-likeness (QED) is 0.463. The number of aromatic amines is 1. The van der Waals surface area contributed by atoms with Crippen molar-refractivity contribution in [1.29, 1.82) is 5.41 Å². The van der Waals surface area contributed by atoms with Crippen molar-refractivity contribution in [1.82, 2.24) is 9.55 Å². The lowest BCUT2D eigenvalue weighted by Gasteiger charge is -2.04. The van der Waals surface area contributed by atoms with Crippen molar-refractivity contribution < 1.29 is 0 Å². The van der Waals surface area contributed by atoms with Crippen LogP contribution in [0.15, 0.2) is 15.8 Å². The van der Waals surface area contributed by atoms with Crippen molar-refractivity contribution >= 4 is 5.84 Å². The van der Waals surface area contributed by atoms with Crippen LogP contribution in [0.25, 0.3) is 0 Å². The summed E-state index contributed by atoms with van der Waals surface area (Å²) in [6, 6.07) is 0. The average molecular weight is 210 g/mol. The SMILES string of the molecule is Cc1cn(CCCC(=N)N)c(=O)[nH]c1=O. The van der Waals surface area contributed by atoms with Crippen molar-refractivity contribution in [2.24, 2.45) is 5.73 Å². The Balaban J connectivity index is 2.78. The summed E-state index contributed by atoms with van der Waals surface area (Å²) >= 11 is 0. The Kier molecular flexibility index (Phi) is 3.43. The van der Waals surface area contributed by atoms with Crippen molar-refractivity contribution in [2.75, 3.05) is 0 Å². The number of H-pyrrole nitrogens is 1. The Morgan fingerprint density at radius 1 is 1.60 bits per heavy atom. The molecule has 1 aromatic heterocycles. The summed E-state index contributed by atoms with van der Waals surface area (Å²) in [7, 11) is 0. The van der Waals surface area contributed by atoms with Gasteiger partial charge in [0.15, 0.2) is 0 Å². The van der Waals surface area contributed by atoms with E-state index in [2.05, 4.69) is 4.98 Å². The normalized spacial score (nSPS) is 10.2. The van der Waals surface area contributed by atoms with E-state index >= 15 is 0 Å². The van der Waals surface area contributed by atoms with Crippen LogP contribution in [0.5, 0.6) is 0 Å². The van der Waals surface area contributed by atoms with Crippen LogP contribution in [0.1, 0.15) is 18.4 Å². The first kappa shape index (κ1) is 11.2. The molecule has 0 saturated carbocycles. The molecule has 0 unspecified atom stereocenters. The van der Waals surface area contributed by atoms with Crippen LogP contribution in [0.4, 0.5) is 0 Å². The maximum absolute atomic E-state index is 11.3. The number of nitrogens with zero attached hydrogens (tertiary/aromatic N) is 1. The summed E-state index contributed by atoms with van der Waals surface area (Å²) < 4.78 is 1.42. The molecule has 0 aromatic carbocycles. The van der Waals surface area contributed by atoms with E-state index in [-0.39, 0.29) is 11.4 Å². The van der Waals surface area contributed by atoms with Gasteiger partial charge >= 0.3 is 5.69 Å². The zero-order chi connectivity index (χ0) is 11.4. The first-order valence-electron chi connectivity index (χ1n) is 4.64. The smallest absolute Gasteiger partial charge is 0.328 e. The highest BCUT2D eigenvalue weighted by Gasteiger charge is 2.00. The third-order valence-electron chi connectivity index (χ3n) is 2.03. The van der Waals surface area contributed by atoms with Gasteiger partial charge in [0.05, 0.1) is 5.84 Å². The molecule has 0 atom stereocenters. The van der Waals surface area contributed by atoms with Crippen molar-refractivity contribution in [2.45, 2.75) is 26.3 Å². The third kappa shape index (κ3) is 3.08. The van der Waals surface area contributed by atoms with E-state index in [1.54, 1.807) is 6.92 Å². The van der Waals surface area contributed by atoms with Crippen LogP contribution >= 0.6 is 0 Å². The van der Waals surface area contributed by atoms with Crippen LogP contribution in [0, 0.1) is 12.3 Å². The van der Waals surface area contributed by atoms with Gasteiger partial charge in [-0.2, -0.15) is 0 Å². The number of amidine groups is 1. The van der Waals surface area contributed by atoms with E-state index in [1.165, 1.54) is 10.8 Å². The Hall–Kier alpha value is -1.85. The lowest BCUT2D eigenvalue weighted by Crippen LogP contribution is -2.31. The topological polar surface area (TPSA) is 105 Å². The molecule has 0 saturated heterocycles. The van der Waals surface area contributed by atoms with Gasteiger partial charge in [-0.05, 0) is 13.3 Å². The van der Waals surface area contributed by atoms with Crippen LogP contribution < -0.4 is 17.0 Å². The van der Waals surface area contributed by atoms with E-state index in [0.717, 1.165) is 0 Å². The molecule has 15 heavy (non-hydrogen) atoms. The molecule has 0 radical (unpaired) electrons. The van der Waals surface area contributed by atoms with Gasteiger partial charge in [0.2, 0.25) is 0 Å². The van der Waals surface area contributed by atoms with E-state index < -0.39 is 5.69 Å². The second-order valence-corrected chi connectivity index (χ2v) is 3.39. The summed E-state index contributed by atoms with van der Waals surface area (Å²) in [6.07, 6.45) is 2.58. The fourth-order valence-electron chi connectivity index (χ4n) is 1.22. The van der Waals surface area contributed by atoms with Gasteiger partial charge in [0.1, 0.15) is 0 Å². The lowest BCUT2D eigenvalue weighted by atomic mass is 10.3. The van der Waals surface area contributed by atoms with Crippen LogP contribution in [-0.2, 0) is 6.54 Å². The highest BCUT2D eigenvalue weighted by molar-refractivity contribution is 5.76. The number of aromatic nitrogens is 2. The first-order chi connectivity index (χ1) is 7.00. The van der Waals surface area contributed by atoms with Crippen LogP contribution in [0.2, 0.25) is 0 Å². The summed E-state index contributed by atoms with van der Waals surface area (Å²) in [6.45, 7) is 2.09. The van der Waals surface area contributed by atoms with Crippen LogP contribution in [-0.4, -0.2) is 15.4 Å². The molecule has 1 rings (SSSR count). The highest BCUT2D eigenvalue weighted by Crippen LogP contribution is 1.92. The lowest BCUT2D eigenvalue weighted by molar-refractivity contribution is 0.612. The first-order valence-corrected chi connectivity index (χ1v) is 4.64. The molecule has 0 aliphatic heterocycles. The predicted molar refractivity (Wildman–Crippen MR) is 57.2 cm³/mol. The molecular formula is C9H14N4O2. The zero-order valence-electron chi connectivity index (χ0n) is 8.54. The molecule has 82 valence electrons. The summed E-state index contributed by atoms with van der Waals surface area (Å²) in [4.78, 5) is 24.6. The summed E-state index contributed by atoms with van der Waals surface area (Å²) in [5.41, 5.74) is 4.90. The molecule has 1 aromatic rings. The van der Waals surface area contributed by atoms with E-state index in [1.807, 2.05) is 0 Å². The maximum Gasteiger partial charge on any atom is 0.328 e. The van der Waals surface area contributed by atoms with E-state index in [4.69, 9.17) is 11.1 Å². The third-order valence-corrected chi connectivity index (χ3v) is 2.03. The monoisotopic (exact) mass is 210 g/mol. The molecule has 6 nitrogen and oxygen atoms in total. The van der Waals surface area contributed by atoms with Crippen molar-refractivity contribution in [3.8, 4) is 0 Å². The molecule has 6 heteroatoms. The minimum atomic E-state index is -0.422. The molecule has 0 amide bonds. The summed E-state index contributed by atoms with van der Waals surface area (Å²) in [5.74, 6) is 0.101. The van der Waals surface area contributed by atoms with Gasteiger partial charge in [0.25, 0.3) is 5.56 Å². The van der Waals surface area contributed by atoms with Crippen molar-refractivity contribution in [3.05, 3.63) is 32.6 Å². The predicted octanol–water partition coefficient (Wildman–Crippen LogP) is -0.439. The number of nitrogens with two attached hydrogens (primary N) is 1. The van der Waals surface area contributed by atoms with Crippen molar-refractivity contribution in [3.63, 3.8) is 0 Å². The largest absolute Gasteiger partial charge is 0.388 e. The number of hydrogen-bond donors (Lipinski definition) is 3. The Morgan fingerprint density at radius 2 is 2.27 bits per heavy atom. The van der Waals surface area contributed by atoms with E-state index in [0.29, 0.717) is 24.9 Å². The van der Waals surface area contributed by atoms with Gasteiger partial charge in [-0.3, -0.25) is 15.2 Å². The molecule has 0 aliphatic rings. The zero-order valence-corrected chi connectivity index (χ0v) is 8.54. The van der Waals surface area contributed by atoms with E-state index in [9.17, 15) is 9.59 Å². The van der Waals surface area contributed by atoms with Gasteiger partial charge in [0, 0.05) is 24.7 Å².